The summed E-state index contributed by atoms with van der Waals surface area (Å²) >= 11 is 2.26. The van der Waals surface area contributed by atoms with Gasteiger partial charge >= 0.3 is 0 Å². The Morgan fingerprint density at radius 1 is 1.12 bits per heavy atom. The highest BCUT2D eigenvalue weighted by Gasteiger charge is 1.96. The van der Waals surface area contributed by atoms with Gasteiger partial charge in [-0.15, -0.1) is 0 Å². The lowest BCUT2D eigenvalue weighted by Crippen LogP contribution is -1.93. The minimum absolute atomic E-state index is 0.563. The summed E-state index contributed by atoms with van der Waals surface area (Å²) < 4.78 is 1.19. The SMILES string of the molecule is N#Cc1ccc(Nc2ccc(I)cc2)nc1. The van der Waals surface area contributed by atoms with Crippen LogP contribution in [0.5, 0.6) is 0 Å². The summed E-state index contributed by atoms with van der Waals surface area (Å²) in [5.74, 6) is 0.736. The fourth-order valence-corrected chi connectivity index (χ4v) is 1.57. The average molecular weight is 321 g/mol. The second-order valence-corrected chi connectivity index (χ2v) is 4.42. The first-order chi connectivity index (χ1) is 7.78. The van der Waals surface area contributed by atoms with Crippen molar-refractivity contribution in [1.82, 2.24) is 4.98 Å². The smallest absolute Gasteiger partial charge is 0.130 e. The molecule has 0 aliphatic heterocycles. The molecule has 1 heterocycles. The third-order valence-electron chi connectivity index (χ3n) is 2.01. The first-order valence-corrected chi connectivity index (χ1v) is 5.74. The molecule has 2 aromatic rings. The molecule has 0 aliphatic carbocycles. The maximum absolute atomic E-state index is 8.64. The second kappa shape index (κ2) is 4.94. The maximum atomic E-state index is 8.64. The van der Waals surface area contributed by atoms with Crippen LogP contribution in [0.25, 0.3) is 0 Å². The molecule has 1 N–H and O–H groups in total. The van der Waals surface area contributed by atoms with E-state index in [1.54, 1.807) is 18.3 Å². The number of aromatic nitrogens is 1. The minimum Gasteiger partial charge on any atom is -0.340 e. The minimum atomic E-state index is 0.563. The number of nitrogens with one attached hydrogen (secondary N) is 1. The molecule has 1 aromatic carbocycles. The quantitative estimate of drug-likeness (QED) is 0.864. The molecule has 4 heteroatoms. The van der Waals surface area contributed by atoms with Crippen LogP contribution in [0.1, 0.15) is 5.56 Å². The zero-order chi connectivity index (χ0) is 11.4. The molecule has 16 heavy (non-hydrogen) atoms. The van der Waals surface area contributed by atoms with Gasteiger partial charge in [-0.3, -0.25) is 0 Å². The Labute approximate surface area is 107 Å². The number of pyridine rings is 1. The van der Waals surface area contributed by atoms with Gasteiger partial charge in [0.15, 0.2) is 0 Å². The number of hydrogen-bond acceptors (Lipinski definition) is 3. The van der Waals surface area contributed by atoms with Gasteiger partial charge in [-0.1, -0.05) is 0 Å². The lowest BCUT2D eigenvalue weighted by atomic mass is 10.3. The Kier molecular flexibility index (Phi) is 3.37. The van der Waals surface area contributed by atoms with Crippen LogP contribution in [0.15, 0.2) is 42.6 Å². The molecular formula is C12H8IN3. The molecule has 0 saturated heterocycles. The molecular weight excluding hydrogens is 313 g/mol. The molecule has 0 amide bonds. The molecule has 0 radical (unpaired) electrons. The molecule has 1 aromatic heterocycles. The van der Waals surface area contributed by atoms with Gasteiger partial charge in [0, 0.05) is 15.5 Å². The van der Waals surface area contributed by atoms with Crippen molar-refractivity contribution in [2.75, 3.05) is 5.32 Å². The number of halogens is 1. The maximum Gasteiger partial charge on any atom is 0.130 e. The monoisotopic (exact) mass is 321 g/mol. The van der Waals surface area contributed by atoms with E-state index < -0.39 is 0 Å². The van der Waals surface area contributed by atoms with Crippen molar-refractivity contribution in [2.24, 2.45) is 0 Å². The van der Waals surface area contributed by atoms with E-state index >= 15 is 0 Å². The highest BCUT2D eigenvalue weighted by Crippen LogP contribution is 2.16. The first kappa shape index (κ1) is 10.9. The van der Waals surface area contributed by atoms with Crippen LogP contribution in [0.3, 0.4) is 0 Å². The zero-order valence-electron chi connectivity index (χ0n) is 8.31. The van der Waals surface area contributed by atoms with Crippen LogP contribution >= 0.6 is 22.6 Å². The number of hydrogen-bond donors (Lipinski definition) is 1. The summed E-state index contributed by atoms with van der Waals surface area (Å²) in [5, 5.41) is 11.8. The average Bonchev–Trinajstić information content (AvgIpc) is 2.33. The van der Waals surface area contributed by atoms with E-state index in [0.717, 1.165) is 11.5 Å². The van der Waals surface area contributed by atoms with E-state index in [1.807, 2.05) is 30.3 Å². The fraction of sp³-hybridized carbons (Fsp3) is 0. The van der Waals surface area contributed by atoms with E-state index in [1.165, 1.54) is 3.57 Å². The molecule has 0 unspecified atom stereocenters. The Morgan fingerprint density at radius 2 is 1.88 bits per heavy atom. The lowest BCUT2D eigenvalue weighted by molar-refractivity contribution is 1.29. The first-order valence-electron chi connectivity index (χ1n) is 4.67. The van der Waals surface area contributed by atoms with Gasteiger partial charge < -0.3 is 5.32 Å². The van der Waals surface area contributed by atoms with Gasteiger partial charge in [-0.2, -0.15) is 5.26 Å². The van der Waals surface area contributed by atoms with Crippen molar-refractivity contribution in [2.45, 2.75) is 0 Å². The van der Waals surface area contributed by atoms with Gasteiger partial charge in [0.2, 0.25) is 0 Å². The number of benzene rings is 1. The summed E-state index contributed by atoms with van der Waals surface area (Å²) in [4.78, 5) is 4.13. The zero-order valence-corrected chi connectivity index (χ0v) is 10.5. The predicted molar refractivity (Wildman–Crippen MR) is 71.4 cm³/mol. The van der Waals surface area contributed by atoms with Crippen LogP contribution in [-0.4, -0.2) is 4.98 Å². The molecule has 2 rings (SSSR count). The van der Waals surface area contributed by atoms with Gasteiger partial charge in [-0.05, 0) is 59.0 Å². The van der Waals surface area contributed by atoms with Crippen LogP contribution in [0.4, 0.5) is 11.5 Å². The Balaban J connectivity index is 2.15. The van der Waals surface area contributed by atoms with Crippen molar-refractivity contribution in [3.05, 3.63) is 51.7 Å². The van der Waals surface area contributed by atoms with Crippen molar-refractivity contribution >= 4 is 34.1 Å². The molecule has 0 bridgehead atoms. The number of nitrogens with zero attached hydrogens (tertiary/aromatic N) is 2. The van der Waals surface area contributed by atoms with E-state index in [9.17, 15) is 0 Å². The number of rotatable bonds is 2. The van der Waals surface area contributed by atoms with Crippen LogP contribution in [-0.2, 0) is 0 Å². The fourth-order valence-electron chi connectivity index (χ4n) is 1.22. The Bertz CT molecular complexity index is 511. The van der Waals surface area contributed by atoms with E-state index in [0.29, 0.717) is 5.56 Å². The normalized spacial score (nSPS) is 9.50. The molecule has 3 nitrogen and oxygen atoms in total. The van der Waals surface area contributed by atoms with Gasteiger partial charge in [0.25, 0.3) is 0 Å². The Hall–Kier alpha value is -1.61. The van der Waals surface area contributed by atoms with Crippen LogP contribution in [0, 0.1) is 14.9 Å². The van der Waals surface area contributed by atoms with Crippen molar-refractivity contribution < 1.29 is 0 Å². The van der Waals surface area contributed by atoms with Crippen LogP contribution < -0.4 is 5.32 Å². The Morgan fingerprint density at radius 3 is 2.44 bits per heavy atom. The third kappa shape index (κ3) is 2.70. The van der Waals surface area contributed by atoms with Crippen molar-refractivity contribution in [1.29, 1.82) is 5.26 Å². The van der Waals surface area contributed by atoms with Gasteiger partial charge in [-0.25, -0.2) is 4.98 Å². The van der Waals surface area contributed by atoms with Crippen molar-refractivity contribution in [3.8, 4) is 6.07 Å². The predicted octanol–water partition coefficient (Wildman–Crippen LogP) is 3.30. The second-order valence-electron chi connectivity index (χ2n) is 3.18. The molecule has 0 atom stereocenters. The molecule has 0 saturated carbocycles. The van der Waals surface area contributed by atoms with Gasteiger partial charge in [0.05, 0.1) is 5.56 Å². The van der Waals surface area contributed by atoms with E-state index in [4.69, 9.17) is 5.26 Å². The van der Waals surface area contributed by atoms with Crippen LogP contribution in [0.2, 0.25) is 0 Å². The lowest BCUT2D eigenvalue weighted by Gasteiger charge is -2.04. The largest absolute Gasteiger partial charge is 0.340 e. The van der Waals surface area contributed by atoms with E-state index in [-0.39, 0.29) is 0 Å². The topological polar surface area (TPSA) is 48.7 Å². The molecule has 0 aliphatic rings. The van der Waals surface area contributed by atoms with Crippen molar-refractivity contribution in [3.63, 3.8) is 0 Å². The molecule has 0 spiro atoms. The number of nitriles is 1. The molecule has 0 fully saturated rings. The summed E-state index contributed by atoms with van der Waals surface area (Å²) in [5.41, 5.74) is 1.55. The summed E-state index contributed by atoms with van der Waals surface area (Å²) in [6.45, 7) is 0. The summed E-state index contributed by atoms with van der Waals surface area (Å²) in [6, 6.07) is 13.6. The summed E-state index contributed by atoms with van der Waals surface area (Å²) in [6.07, 6.45) is 1.55. The van der Waals surface area contributed by atoms with Gasteiger partial charge in [0.1, 0.15) is 11.9 Å². The standard InChI is InChI=1S/C12H8IN3/c13-10-2-4-11(5-3-10)16-12-6-1-9(7-14)8-15-12/h1-6,8H,(H,15,16). The number of anilines is 2. The molecule has 78 valence electrons. The summed E-state index contributed by atoms with van der Waals surface area (Å²) in [7, 11) is 0. The highest BCUT2D eigenvalue weighted by atomic mass is 127. The van der Waals surface area contributed by atoms with E-state index in [2.05, 4.69) is 32.9 Å². The highest BCUT2D eigenvalue weighted by molar-refractivity contribution is 14.1. The third-order valence-corrected chi connectivity index (χ3v) is 2.73.